The second-order valence-corrected chi connectivity index (χ2v) is 4.02. The number of nitro groups is 1. The molecule has 0 saturated heterocycles. The summed E-state index contributed by atoms with van der Waals surface area (Å²) in [7, 11) is 1.56. The second-order valence-electron chi connectivity index (χ2n) is 4.02. The largest absolute Gasteiger partial charge is 0.487 e. The van der Waals surface area contributed by atoms with Gasteiger partial charge in [0, 0.05) is 26.1 Å². The summed E-state index contributed by atoms with van der Waals surface area (Å²) in [5, 5.41) is 13.4. The van der Waals surface area contributed by atoms with E-state index in [1.165, 1.54) is 12.1 Å². The van der Waals surface area contributed by atoms with E-state index in [0.29, 0.717) is 26.0 Å². The third kappa shape index (κ3) is 5.66. The maximum Gasteiger partial charge on any atom is 0.310 e. The Morgan fingerprint density at radius 2 is 2.10 bits per heavy atom. The predicted octanol–water partition coefficient (Wildman–Crippen LogP) is 1.52. The zero-order valence-electron chi connectivity index (χ0n) is 11.3. The van der Waals surface area contributed by atoms with Crippen LogP contribution < -0.4 is 10.1 Å². The lowest BCUT2D eigenvalue weighted by Gasteiger charge is -2.07. The highest BCUT2D eigenvalue weighted by molar-refractivity contribution is 5.75. The van der Waals surface area contributed by atoms with Gasteiger partial charge < -0.3 is 14.8 Å². The Balaban J connectivity index is 2.28. The molecule has 7 heteroatoms. The molecule has 0 aliphatic carbocycles. The van der Waals surface area contributed by atoms with Crippen molar-refractivity contribution in [2.45, 2.75) is 12.8 Å². The van der Waals surface area contributed by atoms with Crippen LogP contribution in [0.3, 0.4) is 0 Å². The Labute approximate surface area is 117 Å². The Kier molecular flexibility index (Phi) is 7.05. The molecule has 0 saturated carbocycles. The summed E-state index contributed by atoms with van der Waals surface area (Å²) in [5.74, 6) is 0.130. The highest BCUT2D eigenvalue weighted by Gasteiger charge is 2.13. The molecule has 1 aromatic carbocycles. The first-order valence-corrected chi connectivity index (χ1v) is 6.27. The smallest absolute Gasteiger partial charge is 0.310 e. The van der Waals surface area contributed by atoms with E-state index in [4.69, 9.17) is 9.47 Å². The monoisotopic (exact) mass is 282 g/mol. The fourth-order valence-electron chi connectivity index (χ4n) is 1.53. The normalized spacial score (nSPS) is 10.1. The SMILES string of the molecule is COCCNC(=O)CCCOc1ccccc1[N+](=O)[O-]. The number of hydrogen-bond donors (Lipinski definition) is 1. The molecule has 20 heavy (non-hydrogen) atoms. The minimum atomic E-state index is -0.493. The van der Waals surface area contributed by atoms with Gasteiger partial charge in [0.05, 0.1) is 18.1 Å². The molecule has 1 aromatic rings. The maximum absolute atomic E-state index is 11.4. The van der Waals surface area contributed by atoms with Crippen LogP contribution in [0.1, 0.15) is 12.8 Å². The lowest BCUT2D eigenvalue weighted by Crippen LogP contribution is -2.26. The van der Waals surface area contributed by atoms with Gasteiger partial charge in [0.2, 0.25) is 5.91 Å². The minimum Gasteiger partial charge on any atom is -0.487 e. The number of nitrogens with zero attached hydrogens (tertiary/aromatic N) is 1. The number of amides is 1. The molecular formula is C13H18N2O5. The van der Waals surface area contributed by atoms with Crippen LogP contribution in [0.5, 0.6) is 5.75 Å². The van der Waals surface area contributed by atoms with E-state index in [2.05, 4.69) is 5.32 Å². The summed E-state index contributed by atoms with van der Waals surface area (Å²) in [5.41, 5.74) is -0.0722. The van der Waals surface area contributed by atoms with Crippen LogP contribution in [-0.4, -0.2) is 37.7 Å². The van der Waals surface area contributed by atoms with Crippen LogP contribution >= 0.6 is 0 Å². The second kappa shape index (κ2) is 8.87. The molecule has 110 valence electrons. The first-order valence-electron chi connectivity index (χ1n) is 6.27. The fourth-order valence-corrected chi connectivity index (χ4v) is 1.53. The van der Waals surface area contributed by atoms with Crippen LogP contribution in [-0.2, 0) is 9.53 Å². The molecule has 0 bridgehead atoms. The summed E-state index contributed by atoms with van der Waals surface area (Å²) >= 11 is 0. The Morgan fingerprint density at radius 3 is 2.80 bits per heavy atom. The van der Waals surface area contributed by atoms with Gasteiger partial charge in [-0.15, -0.1) is 0 Å². The molecule has 0 fully saturated rings. The first kappa shape index (κ1) is 15.9. The van der Waals surface area contributed by atoms with Gasteiger partial charge in [0.1, 0.15) is 0 Å². The summed E-state index contributed by atoms with van der Waals surface area (Å²) < 4.78 is 10.1. The third-order valence-electron chi connectivity index (χ3n) is 2.50. The molecule has 0 aliphatic rings. The van der Waals surface area contributed by atoms with E-state index in [0.717, 1.165) is 0 Å². The van der Waals surface area contributed by atoms with Gasteiger partial charge in [-0.25, -0.2) is 0 Å². The number of para-hydroxylation sites is 2. The number of nitro benzene ring substituents is 1. The number of methoxy groups -OCH3 is 1. The van der Waals surface area contributed by atoms with Gasteiger partial charge >= 0.3 is 5.69 Å². The van der Waals surface area contributed by atoms with Crippen molar-refractivity contribution in [2.24, 2.45) is 0 Å². The van der Waals surface area contributed by atoms with Crippen molar-refractivity contribution in [1.29, 1.82) is 0 Å². The number of carbonyl (C=O) groups excluding carboxylic acids is 1. The number of nitrogens with one attached hydrogen (secondary N) is 1. The molecule has 0 atom stereocenters. The van der Waals surface area contributed by atoms with Crippen molar-refractivity contribution < 1.29 is 19.2 Å². The molecule has 0 unspecified atom stereocenters. The third-order valence-corrected chi connectivity index (χ3v) is 2.50. The fraction of sp³-hybridized carbons (Fsp3) is 0.462. The van der Waals surface area contributed by atoms with Gasteiger partial charge in [-0.05, 0) is 12.5 Å². The molecule has 7 nitrogen and oxygen atoms in total. The van der Waals surface area contributed by atoms with Crippen molar-refractivity contribution in [1.82, 2.24) is 5.32 Å². The number of benzene rings is 1. The molecule has 0 radical (unpaired) electrons. The Bertz CT molecular complexity index is 450. The Morgan fingerprint density at radius 1 is 1.35 bits per heavy atom. The van der Waals surface area contributed by atoms with E-state index >= 15 is 0 Å². The highest BCUT2D eigenvalue weighted by Crippen LogP contribution is 2.25. The molecule has 1 rings (SSSR count). The highest BCUT2D eigenvalue weighted by atomic mass is 16.6. The summed E-state index contributed by atoms with van der Waals surface area (Å²) in [6, 6.07) is 6.16. The van der Waals surface area contributed by atoms with Crippen molar-refractivity contribution in [3.63, 3.8) is 0 Å². The molecule has 0 spiro atoms. The zero-order chi connectivity index (χ0) is 14.8. The summed E-state index contributed by atoms with van der Waals surface area (Å²) in [6.45, 7) is 1.20. The topological polar surface area (TPSA) is 90.7 Å². The van der Waals surface area contributed by atoms with E-state index in [9.17, 15) is 14.9 Å². The first-order chi connectivity index (χ1) is 9.65. The van der Waals surface area contributed by atoms with Crippen LogP contribution in [0.2, 0.25) is 0 Å². The standard InChI is InChI=1S/C13H18N2O5/c1-19-10-8-14-13(16)7-4-9-20-12-6-3-2-5-11(12)15(17)18/h2-3,5-6H,4,7-10H2,1H3,(H,14,16). The van der Waals surface area contributed by atoms with E-state index in [1.807, 2.05) is 0 Å². The van der Waals surface area contributed by atoms with Crippen molar-refractivity contribution >= 4 is 11.6 Å². The van der Waals surface area contributed by atoms with E-state index in [-0.39, 0.29) is 24.0 Å². The number of ether oxygens (including phenoxy) is 2. The molecule has 1 amide bonds. The van der Waals surface area contributed by atoms with Gasteiger partial charge in [0.25, 0.3) is 0 Å². The molecule has 0 aromatic heterocycles. The predicted molar refractivity (Wildman–Crippen MR) is 72.7 cm³/mol. The van der Waals surface area contributed by atoms with Crippen molar-refractivity contribution in [3.05, 3.63) is 34.4 Å². The maximum atomic E-state index is 11.4. The van der Waals surface area contributed by atoms with Gasteiger partial charge in [-0.2, -0.15) is 0 Å². The van der Waals surface area contributed by atoms with Gasteiger partial charge in [-0.3, -0.25) is 14.9 Å². The number of hydrogen-bond acceptors (Lipinski definition) is 5. The van der Waals surface area contributed by atoms with E-state index in [1.54, 1.807) is 19.2 Å². The van der Waals surface area contributed by atoms with Crippen molar-refractivity contribution in [2.75, 3.05) is 26.9 Å². The van der Waals surface area contributed by atoms with Gasteiger partial charge in [0.15, 0.2) is 5.75 Å². The average Bonchev–Trinajstić information content (AvgIpc) is 2.44. The van der Waals surface area contributed by atoms with Crippen molar-refractivity contribution in [3.8, 4) is 5.75 Å². The summed E-state index contributed by atoms with van der Waals surface area (Å²) in [6.07, 6.45) is 0.801. The Hall–Kier alpha value is -2.15. The van der Waals surface area contributed by atoms with Crippen LogP contribution in [0, 0.1) is 10.1 Å². The number of rotatable bonds is 9. The number of carbonyl (C=O) groups is 1. The van der Waals surface area contributed by atoms with Gasteiger partial charge in [-0.1, -0.05) is 12.1 Å². The molecule has 1 N–H and O–H groups in total. The van der Waals surface area contributed by atoms with E-state index < -0.39 is 4.92 Å². The zero-order valence-corrected chi connectivity index (χ0v) is 11.3. The van der Waals surface area contributed by atoms with Crippen LogP contribution in [0.15, 0.2) is 24.3 Å². The average molecular weight is 282 g/mol. The molecule has 0 heterocycles. The lowest BCUT2D eigenvalue weighted by molar-refractivity contribution is -0.385. The lowest BCUT2D eigenvalue weighted by atomic mass is 10.3. The van der Waals surface area contributed by atoms with Crippen LogP contribution in [0.25, 0.3) is 0 Å². The minimum absolute atomic E-state index is 0.0722. The quantitative estimate of drug-likeness (QED) is 0.421. The molecule has 0 aliphatic heterocycles. The van der Waals surface area contributed by atoms with Crippen LogP contribution in [0.4, 0.5) is 5.69 Å². The summed E-state index contributed by atoms with van der Waals surface area (Å²) in [4.78, 5) is 21.6. The molecular weight excluding hydrogens is 264 g/mol.